The molecule has 0 saturated heterocycles. The fourth-order valence-corrected chi connectivity index (χ4v) is 4.44. The van der Waals surface area contributed by atoms with Crippen LogP contribution in [0.3, 0.4) is 0 Å². The first-order valence-electron chi connectivity index (χ1n) is 6.62. The van der Waals surface area contributed by atoms with Gasteiger partial charge in [0.05, 0.1) is 16.6 Å². The largest absolute Gasteiger partial charge is 0.299 e. The van der Waals surface area contributed by atoms with Crippen molar-refractivity contribution in [2.24, 2.45) is 0 Å². The fourth-order valence-electron chi connectivity index (χ4n) is 2.48. The summed E-state index contributed by atoms with van der Waals surface area (Å²) in [5, 5.41) is 5.52. The lowest BCUT2D eigenvalue weighted by Crippen LogP contribution is -2.30. The zero-order valence-corrected chi connectivity index (χ0v) is 13.2. The van der Waals surface area contributed by atoms with Gasteiger partial charge in [-0.2, -0.15) is 0 Å². The highest BCUT2D eigenvalue weighted by Gasteiger charge is 2.16. The van der Waals surface area contributed by atoms with Crippen LogP contribution in [-0.4, -0.2) is 23.0 Å². The van der Waals surface area contributed by atoms with Crippen molar-refractivity contribution in [1.82, 2.24) is 9.88 Å². The Balaban J connectivity index is 1.46. The minimum Gasteiger partial charge on any atom is -0.299 e. The van der Waals surface area contributed by atoms with E-state index in [1.807, 2.05) is 11.3 Å². The minimum absolute atomic E-state index is 0.531. The van der Waals surface area contributed by atoms with Crippen LogP contribution < -0.4 is 0 Å². The molecule has 0 unspecified atom stereocenters. The molecule has 0 bridgehead atoms. The molecule has 0 saturated carbocycles. The van der Waals surface area contributed by atoms with Crippen LogP contribution in [0.2, 0.25) is 0 Å². The SMILES string of the molecule is ClCc1csc(CCCN2CCc3sccc3C2)n1. The average molecular weight is 313 g/mol. The molecule has 102 valence electrons. The molecule has 19 heavy (non-hydrogen) atoms. The van der Waals surface area contributed by atoms with Crippen molar-refractivity contribution < 1.29 is 0 Å². The Labute approximate surface area is 127 Å². The van der Waals surface area contributed by atoms with Crippen molar-refractivity contribution in [3.05, 3.63) is 38.0 Å². The lowest BCUT2D eigenvalue weighted by Gasteiger charge is -2.26. The Kier molecular flexibility index (Phi) is 4.53. The van der Waals surface area contributed by atoms with Gasteiger partial charge in [-0.1, -0.05) is 0 Å². The summed E-state index contributed by atoms with van der Waals surface area (Å²) in [4.78, 5) is 8.66. The molecule has 2 aromatic rings. The second-order valence-corrected chi connectivity index (χ2v) is 7.08. The van der Waals surface area contributed by atoms with E-state index in [0.717, 1.165) is 18.7 Å². The summed E-state index contributed by atoms with van der Waals surface area (Å²) in [6, 6.07) is 2.28. The van der Waals surface area contributed by atoms with Crippen molar-refractivity contribution in [3.63, 3.8) is 0 Å². The Hall–Kier alpha value is -0.420. The van der Waals surface area contributed by atoms with Crippen LogP contribution in [0.5, 0.6) is 0 Å². The molecule has 5 heteroatoms. The number of fused-ring (bicyclic) bond motifs is 1. The van der Waals surface area contributed by atoms with Gasteiger partial charge in [-0.05, 0) is 36.4 Å². The second-order valence-electron chi connectivity index (χ2n) is 4.86. The van der Waals surface area contributed by atoms with Crippen molar-refractivity contribution >= 4 is 34.3 Å². The lowest BCUT2D eigenvalue weighted by atomic mass is 10.1. The normalized spacial score (nSPS) is 15.6. The topological polar surface area (TPSA) is 16.1 Å². The van der Waals surface area contributed by atoms with Gasteiger partial charge in [0, 0.05) is 29.8 Å². The van der Waals surface area contributed by atoms with Crippen LogP contribution in [0.1, 0.15) is 27.6 Å². The number of rotatable bonds is 5. The molecule has 3 heterocycles. The van der Waals surface area contributed by atoms with Crippen molar-refractivity contribution in [2.75, 3.05) is 13.1 Å². The summed E-state index contributed by atoms with van der Waals surface area (Å²) in [5.74, 6) is 0.531. The van der Waals surface area contributed by atoms with E-state index < -0.39 is 0 Å². The van der Waals surface area contributed by atoms with Crippen molar-refractivity contribution in [2.45, 2.75) is 31.7 Å². The van der Waals surface area contributed by atoms with Crippen molar-refractivity contribution in [3.8, 4) is 0 Å². The van der Waals surface area contributed by atoms with E-state index in [4.69, 9.17) is 11.6 Å². The molecule has 0 N–H and O–H groups in total. The monoisotopic (exact) mass is 312 g/mol. The highest BCUT2D eigenvalue weighted by atomic mass is 35.5. The van der Waals surface area contributed by atoms with E-state index >= 15 is 0 Å². The quantitative estimate of drug-likeness (QED) is 0.778. The van der Waals surface area contributed by atoms with Crippen LogP contribution in [0.25, 0.3) is 0 Å². The number of aryl methyl sites for hydroxylation is 1. The van der Waals surface area contributed by atoms with Gasteiger partial charge in [-0.25, -0.2) is 4.98 Å². The fraction of sp³-hybridized carbons (Fsp3) is 0.500. The predicted octanol–water partition coefficient (Wildman–Crippen LogP) is 3.93. The van der Waals surface area contributed by atoms with Gasteiger partial charge in [0.25, 0.3) is 0 Å². The molecule has 1 aliphatic rings. The summed E-state index contributed by atoms with van der Waals surface area (Å²) in [5.41, 5.74) is 2.55. The summed E-state index contributed by atoms with van der Waals surface area (Å²) < 4.78 is 0. The van der Waals surface area contributed by atoms with Crippen LogP contribution >= 0.6 is 34.3 Å². The molecule has 0 radical (unpaired) electrons. The maximum absolute atomic E-state index is 5.77. The number of aromatic nitrogens is 1. The van der Waals surface area contributed by atoms with E-state index in [-0.39, 0.29) is 0 Å². The third-order valence-electron chi connectivity index (χ3n) is 3.49. The smallest absolute Gasteiger partial charge is 0.0929 e. The molecule has 0 atom stereocenters. The maximum atomic E-state index is 5.77. The van der Waals surface area contributed by atoms with Crippen LogP contribution in [-0.2, 0) is 25.3 Å². The van der Waals surface area contributed by atoms with E-state index in [9.17, 15) is 0 Å². The Morgan fingerprint density at radius 2 is 2.32 bits per heavy atom. The first-order valence-corrected chi connectivity index (χ1v) is 8.91. The van der Waals surface area contributed by atoms with Gasteiger partial charge in [0.2, 0.25) is 0 Å². The first kappa shape index (κ1) is 13.6. The molecule has 3 rings (SSSR count). The maximum Gasteiger partial charge on any atom is 0.0929 e. The van der Waals surface area contributed by atoms with E-state index in [0.29, 0.717) is 5.88 Å². The number of halogens is 1. The second kappa shape index (κ2) is 6.35. The number of nitrogens with zero attached hydrogens (tertiary/aromatic N) is 2. The van der Waals surface area contributed by atoms with Crippen LogP contribution in [0.4, 0.5) is 0 Å². The third kappa shape index (κ3) is 3.37. The summed E-state index contributed by atoms with van der Waals surface area (Å²) in [6.45, 7) is 3.51. The molecule has 2 nitrogen and oxygen atoms in total. The summed E-state index contributed by atoms with van der Waals surface area (Å²) in [7, 11) is 0. The first-order chi connectivity index (χ1) is 9.35. The highest BCUT2D eigenvalue weighted by Crippen LogP contribution is 2.24. The van der Waals surface area contributed by atoms with E-state index in [2.05, 4.69) is 26.7 Å². The standard InChI is InChI=1S/C14H17ClN2S2/c15-8-12-10-19-14(16-12)2-1-5-17-6-3-13-11(9-17)4-7-18-13/h4,7,10H,1-3,5-6,8-9H2. The van der Waals surface area contributed by atoms with Crippen LogP contribution in [0, 0.1) is 0 Å². The van der Waals surface area contributed by atoms with Gasteiger partial charge in [-0.15, -0.1) is 34.3 Å². The summed E-state index contributed by atoms with van der Waals surface area (Å²) in [6.07, 6.45) is 3.49. The minimum atomic E-state index is 0.531. The zero-order chi connectivity index (χ0) is 13.1. The van der Waals surface area contributed by atoms with Crippen molar-refractivity contribution in [1.29, 1.82) is 0 Å². The van der Waals surface area contributed by atoms with Gasteiger partial charge in [0.1, 0.15) is 0 Å². The molecular formula is C14H17ClN2S2. The highest BCUT2D eigenvalue weighted by molar-refractivity contribution is 7.10. The zero-order valence-electron chi connectivity index (χ0n) is 10.8. The van der Waals surface area contributed by atoms with Gasteiger partial charge in [0.15, 0.2) is 0 Å². The molecule has 0 amide bonds. The van der Waals surface area contributed by atoms with Gasteiger partial charge in [-0.3, -0.25) is 4.90 Å². The predicted molar refractivity (Wildman–Crippen MR) is 83.3 cm³/mol. The van der Waals surface area contributed by atoms with Gasteiger partial charge >= 0.3 is 0 Å². The molecule has 0 spiro atoms. The van der Waals surface area contributed by atoms with E-state index in [1.54, 1.807) is 16.2 Å². The molecule has 0 aliphatic carbocycles. The Bertz CT molecular complexity index is 535. The molecule has 2 aromatic heterocycles. The number of alkyl halides is 1. The molecule has 0 fully saturated rings. The van der Waals surface area contributed by atoms with E-state index in [1.165, 1.54) is 36.5 Å². The number of thiophene rings is 1. The van der Waals surface area contributed by atoms with Gasteiger partial charge < -0.3 is 0 Å². The van der Waals surface area contributed by atoms with Crippen LogP contribution in [0.15, 0.2) is 16.8 Å². The molecular weight excluding hydrogens is 296 g/mol. The Morgan fingerprint density at radius 3 is 3.16 bits per heavy atom. The molecule has 0 aromatic carbocycles. The third-order valence-corrected chi connectivity index (χ3v) is 5.74. The average Bonchev–Trinajstić information content (AvgIpc) is 3.06. The number of hydrogen-bond donors (Lipinski definition) is 0. The number of thiazole rings is 1. The number of hydrogen-bond acceptors (Lipinski definition) is 4. The molecule has 1 aliphatic heterocycles. The summed E-state index contributed by atoms with van der Waals surface area (Å²) >= 11 is 9.41. The lowest BCUT2D eigenvalue weighted by molar-refractivity contribution is 0.253. The Morgan fingerprint density at radius 1 is 1.37 bits per heavy atom.